The minimum Gasteiger partial charge on any atom is -0.381 e. The van der Waals surface area contributed by atoms with Crippen LogP contribution in [0.4, 0.5) is 10.1 Å². The van der Waals surface area contributed by atoms with E-state index in [1.165, 1.54) is 6.07 Å². The van der Waals surface area contributed by atoms with Crippen LogP contribution in [0.25, 0.3) is 0 Å². The summed E-state index contributed by atoms with van der Waals surface area (Å²) in [5.74, 6) is -0.806. The quantitative estimate of drug-likeness (QED) is 0.840. The van der Waals surface area contributed by atoms with E-state index in [9.17, 15) is 9.18 Å². The number of amides is 1. The molecule has 3 N–H and O–H groups in total. The van der Waals surface area contributed by atoms with E-state index in [1.54, 1.807) is 12.1 Å². The number of halogens is 1. The first kappa shape index (κ1) is 13.0. The molecular weight excluding hydrogens is 235 g/mol. The van der Waals surface area contributed by atoms with Gasteiger partial charge in [-0.15, -0.1) is 0 Å². The number of ether oxygens (including phenoxy) is 1. The first-order valence-electron chi connectivity index (χ1n) is 5.95. The molecule has 5 heteroatoms. The predicted molar refractivity (Wildman–Crippen MR) is 66.7 cm³/mol. The largest absolute Gasteiger partial charge is 0.381 e. The van der Waals surface area contributed by atoms with Crippen LogP contribution in [0.3, 0.4) is 0 Å². The summed E-state index contributed by atoms with van der Waals surface area (Å²) in [5.41, 5.74) is 6.12. The minimum atomic E-state index is -0.964. The maximum atomic E-state index is 13.5. The van der Waals surface area contributed by atoms with E-state index in [2.05, 4.69) is 5.32 Å². The number of nitrogens with one attached hydrogen (secondary N) is 1. The third-order valence-electron chi connectivity index (χ3n) is 3.21. The number of rotatable bonds is 2. The van der Waals surface area contributed by atoms with Gasteiger partial charge in [0.25, 0.3) is 0 Å². The Labute approximate surface area is 105 Å². The monoisotopic (exact) mass is 252 g/mol. The Morgan fingerprint density at radius 1 is 1.44 bits per heavy atom. The highest BCUT2D eigenvalue weighted by atomic mass is 19.1. The Balaban J connectivity index is 2.13. The number of hydrogen-bond acceptors (Lipinski definition) is 3. The Morgan fingerprint density at radius 3 is 2.78 bits per heavy atom. The van der Waals surface area contributed by atoms with Crippen molar-refractivity contribution in [3.63, 3.8) is 0 Å². The van der Waals surface area contributed by atoms with Gasteiger partial charge >= 0.3 is 0 Å². The number of hydrogen-bond donors (Lipinski definition) is 2. The highest BCUT2D eigenvalue weighted by Gasteiger charge is 2.36. The standard InChI is InChI=1S/C13H17FN2O2/c1-9-2-3-10(14)11(8-9)16-12(17)13(15)4-6-18-7-5-13/h2-3,8H,4-7,15H2,1H3,(H,16,17). The molecule has 0 atom stereocenters. The third kappa shape index (κ3) is 2.68. The first-order chi connectivity index (χ1) is 8.51. The molecule has 0 saturated carbocycles. The Morgan fingerprint density at radius 2 is 2.11 bits per heavy atom. The Bertz CT molecular complexity index is 456. The van der Waals surface area contributed by atoms with Crippen molar-refractivity contribution in [3.8, 4) is 0 Å². The highest BCUT2D eigenvalue weighted by Crippen LogP contribution is 2.22. The van der Waals surface area contributed by atoms with Gasteiger partial charge in [0.05, 0.1) is 5.69 Å². The number of nitrogens with two attached hydrogens (primary N) is 1. The Kier molecular flexibility index (Phi) is 3.63. The molecule has 18 heavy (non-hydrogen) atoms. The molecule has 0 aromatic heterocycles. The molecule has 0 spiro atoms. The van der Waals surface area contributed by atoms with E-state index in [1.807, 2.05) is 6.92 Å². The molecule has 2 rings (SSSR count). The molecule has 0 radical (unpaired) electrons. The van der Waals surface area contributed by atoms with Gasteiger partial charge < -0.3 is 15.8 Å². The fourth-order valence-corrected chi connectivity index (χ4v) is 1.94. The summed E-state index contributed by atoms with van der Waals surface area (Å²) in [7, 11) is 0. The van der Waals surface area contributed by atoms with E-state index >= 15 is 0 Å². The minimum absolute atomic E-state index is 0.177. The summed E-state index contributed by atoms with van der Waals surface area (Å²) in [6.07, 6.45) is 0.901. The topological polar surface area (TPSA) is 64.4 Å². The zero-order valence-corrected chi connectivity index (χ0v) is 10.3. The van der Waals surface area contributed by atoms with Crippen molar-refractivity contribution < 1.29 is 13.9 Å². The fourth-order valence-electron chi connectivity index (χ4n) is 1.94. The van der Waals surface area contributed by atoms with Crippen molar-refractivity contribution in [2.24, 2.45) is 5.73 Å². The average molecular weight is 252 g/mol. The van der Waals surface area contributed by atoms with Gasteiger partial charge in [-0.2, -0.15) is 0 Å². The molecule has 98 valence electrons. The second-order valence-electron chi connectivity index (χ2n) is 4.71. The summed E-state index contributed by atoms with van der Waals surface area (Å²) >= 11 is 0. The van der Waals surface area contributed by atoms with Crippen molar-refractivity contribution in [3.05, 3.63) is 29.6 Å². The maximum Gasteiger partial charge on any atom is 0.244 e. The van der Waals surface area contributed by atoms with Crippen molar-refractivity contribution in [2.45, 2.75) is 25.3 Å². The van der Waals surface area contributed by atoms with Gasteiger partial charge in [0.2, 0.25) is 5.91 Å². The van der Waals surface area contributed by atoms with E-state index in [-0.39, 0.29) is 11.6 Å². The molecule has 1 aromatic carbocycles. The lowest BCUT2D eigenvalue weighted by Crippen LogP contribution is -2.54. The van der Waals surface area contributed by atoms with Crippen LogP contribution in [0.2, 0.25) is 0 Å². The fraction of sp³-hybridized carbons (Fsp3) is 0.462. The van der Waals surface area contributed by atoms with Gasteiger partial charge in [0, 0.05) is 13.2 Å². The molecule has 1 aromatic rings. The lowest BCUT2D eigenvalue weighted by atomic mass is 9.90. The number of carbonyl (C=O) groups excluding carboxylic acids is 1. The van der Waals surface area contributed by atoms with Gasteiger partial charge in [-0.3, -0.25) is 4.79 Å². The van der Waals surface area contributed by atoms with Crippen LogP contribution in [0.1, 0.15) is 18.4 Å². The van der Waals surface area contributed by atoms with Crippen molar-refractivity contribution in [1.82, 2.24) is 0 Å². The van der Waals surface area contributed by atoms with Crippen molar-refractivity contribution in [1.29, 1.82) is 0 Å². The zero-order valence-electron chi connectivity index (χ0n) is 10.3. The predicted octanol–water partition coefficient (Wildman–Crippen LogP) is 1.58. The summed E-state index contributed by atoms with van der Waals surface area (Å²) in [6.45, 7) is 2.75. The zero-order chi connectivity index (χ0) is 13.2. The molecule has 1 fully saturated rings. The molecule has 0 aliphatic carbocycles. The SMILES string of the molecule is Cc1ccc(F)c(NC(=O)C2(N)CCOCC2)c1. The van der Waals surface area contributed by atoms with E-state index in [4.69, 9.17) is 10.5 Å². The van der Waals surface area contributed by atoms with Crippen LogP contribution >= 0.6 is 0 Å². The van der Waals surface area contributed by atoms with Gasteiger partial charge in [-0.25, -0.2) is 4.39 Å². The summed E-state index contributed by atoms with van der Waals surface area (Å²) in [5, 5.41) is 2.57. The molecule has 4 nitrogen and oxygen atoms in total. The average Bonchev–Trinajstić information content (AvgIpc) is 2.35. The maximum absolute atomic E-state index is 13.5. The number of anilines is 1. The molecule has 1 aliphatic rings. The number of aryl methyl sites for hydroxylation is 1. The summed E-state index contributed by atoms with van der Waals surface area (Å²) < 4.78 is 18.7. The van der Waals surface area contributed by atoms with Crippen LogP contribution in [0, 0.1) is 12.7 Å². The van der Waals surface area contributed by atoms with Gasteiger partial charge in [0.15, 0.2) is 0 Å². The number of benzene rings is 1. The van der Waals surface area contributed by atoms with Crippen molar-refractivity contribution >= 4 is 11.6 Å². The normalized spacial score (nSPS) is 18.4. The second-order valence-corrected chi connectivity index (χ2v) is 4.71. The van der Waals surface area contributed by atoms with E-state index < -0.39 is 11.4 Å². The highest BCUT2D eigenvalue weighted by molar-refractivity contribution is 5.98. The van der Waals surface area contributed by atoms with Gasteiger partial charge in [0.1, 0.15) is 11.4 Å². The smallest absolute Gasteiger partial charge is 0.244 e. The molecule has 1 amide bonds. The van der Waals surface area contributed by atoms with Crippen LogP contribution in [-0.2, 0) is 9.53 Å². The van der Waals surface area contributed by atoms with Crippen molar-refractivity contribution in [2.75, 3.05) is 18.5 Å². The lowest BCUT2D eigenvalue weighted by Gasteiger charge is -2.31. The number of carbonyl (C=O) groups is 1. The molecule has 1 aliphatic heterocycles. The van der Waals surface area contributed by atoms with E-state index in [0.29, 0.717) is 26.1 Å². The second kappa shape index (κ2) is 5.04. The van der Waals surface area contributed by atoms with Crippen LogP contribution in [0.5, 0.6) is 0 Å². The summed E-state index contributed by atoms with van der Waals surface area (Å²) in [6, 6.07) is 4.58. The van der Waals surface area contributed by atoms with E-state index in [0.717, 1.165) is 5.56 Å². The van der Waals surface area contributed by atoms with Crippen LogP contribution < -0.4 is 11.1 Å². The molecule has 1 heterocycles. The van der Waals surface area contributed by atoms with Gasteiger partial charge in [-0.05, 0) is 37.5 Å². The first-order valence-corrected chi connectivity index (χ1v) is 5.95. The third-order valence-corrected chi connectivity index (χ3v) is 3.21. The lowest BCUT2D eigenvalue weighted by molar-refractivity contribution is -0.124. The molecule has 0 unspecified atom stereocenters. The molecule has 1 saturated heterocycles. The molecular formula is C13H17FN2O2. The summed E-state index contributed by atoms with van der Waals surface area (Å²) in [4.78, 5) is 12.1. The van der Waals surface area contributed by atoms with Gasteiger partial charge in [-0.1, -0.05) is 6.07 Å². The van der Waals surface area contributed by atoms with Crippen LogP contribution in [-0.4, -0.2) is 24.7 Å². The van der Waals surface area contributed by atoms with Crippen LogP contribution in [0.15, 0.2) is 18.2 Å². The molecule has 0 bridgehead atoms. The Hall–Kier alpha value is -1.46.